The monoisotopic (exact) mass is 738 g/mol. The molecule has 0 aliphatic carbocycles. The molecule has 5 atom stereocenters. The normalized spacial score (nSPS) is 23.6. The number of aliphatic carboxylic acids is 1. The Balaban J connectivity index is 0.00000702. The van der Waals surface area contributed by atoms with Crippen LogP contribution in [0.1, 0.15) is 135 Å². The van der Waals surface area contributed by atoms with Gasteiger partial charge in [0.05, 0.1) is 6.04 Å². The van der Waals surface area contributed by atoms with Gasteiger partial charge in [0.25, 0.3) is 0 Å². The second-order valence-electron chi connectivity index (χ2n) is 14.7. The molecular weight excluding hydrogens is 676 g/mol. The topological polar surface area (TPSA) is 168 Å². The van der Waals surface area contributed by atoms with E-state index in [-0.39, 0.29) is 49.0 Å². The fourth-order valence-corrected chi connectivity index (χ4v) is 8.11. The Labute approximate surface area is 310 Å². The minimum Gasteiger partial charge on any atom is -0.481 e. The van der Waals surface area contributed by atoms with E-state index in [9.17, 15) is 33.9 Å². The van der Waals surface area contributed by atoms with E-state index in [1.54, 1.807) is 9.80 Å². The highest BCUT2D eigenvalue weighted by molar-refractivity contribution is 5.96. The van der Waals surface area contributed by atoms with Crippen molar-refractivity contribution in [2.24, 2.45) is 0 Å². The summed E-state index contributed by atoms with van der Waals surface area (Å²) >= 11 is 0. The molecule has 4 rings (SSSR count). The van der Waals surface area contributed by atoms with Crippen LogP contribution >= 0.6 is 12.4 Å². The third-order valence-electron chi connectivity index (χ3n) is 10.9. The van der Waals surface area contributed by atoms with Crippen molar-refractivity contribution in [3.05, 3.63) is 0 Å². The van der Waals surface area contributed by atoms with E-state index in [2.05, 4.69) is 22.9 Å². The summed E-state index contributed by atoms with van der Waals surface area (Å²) in [4.78, 5) is 84.0. The Morgan fingerprint density at radius 3 is 1.73 bits per heavy atom. The number of carbonyl (C=O) groups is 6. The lowest BCUT2D eigenvalue weighted by molar-refractivity contribution is -0.151. The molecule has 4 N–H and O–H groups in total. The fraction of sp³-hybridized carbons (Fsp3) is 0.838. The van der Waals surface area contributed by atoms with Gasteiger partial charge in [-0.3, -0.25) is 28.8 Å². The summed E-state index contributed by atoms with van der Waals surface area (Å²) in [6.07, 6.45) is 16.6. The molecule has 0 bridgehead atoms. The Hall–Kier alpha value is -2.93. The molecule has 4 aliphatic heterocycles. The summed E-state index contributed by atoms with van der Waals surface area (Å²) in [5, 5.41) is 18.2. The van der Waals surface area contributed by atoms with Crippen LogP contribution in [0.3, 0.4) is 0 Å². The van der Waals surface area contributed by atoms with Gasteiger partial charge >= 0.3 is 5.97 Å². The number of carboxylic acid groups (broad SMARTS) is 1. The quantitative estimate of drug-likeness (QED) is 0.138. The van der Waals surface area contributed by atoms with E-state index in [1.165, 1.54) is 49.8 Å². The van der Waals surface area contributed by atoms with Gasteiger partial charge < -0.3 is 35.8 Å². The van der Waals surface area contributed by atoms with Gasteiger partial charge in [0.15, 0.2) is 0 Å². The summed E-state index contributed by atoms with van der Waals surface area (Å²) in [5.41, 5.74) is 0. The largest absolute Gasteiger partial charge is 0.481 e. The van der Waals surface area contributed by atoms with Crippen molar-refractivity contribution < 1.29 is 33.9 Å². The van der Waals surface area contributed by atoms with Gasteiger partial charge in [-0.15, -0.1) is 12.4 Å². The van der Waals surface area contributed by atoms with E-state index in [0.717, 1.165) is 45.1 Å². The van der Waals surface area contributed by atoms with Gasteiger partial charge in [0.1, 0.15) is 24.2 Å². The van der Waals surface area contributed by atoms with E-state index in [0.29, 0.717) is 58.3 Å². The first-order chi connectivity index (χ1) is 24.2. The summed E-state index contributed by atoms with van der Waals surface area (Å²) < 4.78 is 0. The van der Waals surface area contributed by atoms with Crippen molar-refractivity contribution in [1.29, 1.82) is 0 Å². The predicted molar refractivity (Wildman–Crippen MR) is 196 cm³/mol. The van der Waals surface area contributed by atoms with Crippen LogP contribution in [-0.4, -0.2) is 118 Å². The van der Waals surface area contributed by atoms with Crippen molar-refractivity contribution in [3.8, 4) is 0 Å². The first kappa shape index (κ1) is 42.5. The number of likely N-dealkylation sites (tertiary alicyclic amines) is 3. The van der Waals surface area contributed by atoms with Gasteiger partial charge in [0, 0.05) is 32.6 Å². The molecule has 4 fully saturated rings. The van der Waals surface area contributed by atoms with Crippen LogP contribution in [-0.2, 0) is 28.8 Å². The van der Waals surface area contributed by atoms with Gasteiger partial charge in [-0.1, -0.05) is 64.7 Å². The number of hydrogen-bond donors (Lipinski definition) is 4. The Morgan fingerprint density at radius 2 is 1.20 bits per heavy atom. The van der Waals surface area contributed by atoms with Crippen molar-refractivity contribution in [2.45, 2.75) is 166 Å². The zero-order valence-corrected chi connectivity index (χ0v) is 31.5. The average Bonchev–Trinajstić information content (AvgIpc) is 3.95. The van der Waals surface area contributed by atoms with Crippen LogP contribution in [0.25, 0.3) is 0 Å². The lowest BCUT2D eigenvalue weighted by atomic mass is 10.1. The van der Waals surface area contributed by atoms with E-state index in [4.69, 9.17) is 0 Å². The second-order valence-corrected chi connectivity index (χ2v) is 14.7. The second kappa shape index (κ2) is 22.2. The van der Waals surface area contributed by atoms with E-state index in [1.807, 2.05) is 0 Å². The molecule has 5 amide bonds. The molecule has 14 heteroatoms. The number of nitrogens with one attached hydrogen (secondary N) is 3. The fourth-order valence-electron chi connectivity index (χ4n) is 8.11. The summed E-state index contributed by atoms with van der Waals surface area (Å²) in [6, 6.07) is -3.37. The third-order valence-corrected chi connectivity index (χ3v) is 10.9. The third kappa shape index (κ3) is 12.3. The smallest absolute Gasteiger partial charge is 0.303 e. The molecule has 51 heavy (non-hydrogen) atoms. The lowest BCUT2D eigenvalue weighted by Crippen LogP contribution is -2.58. The molecule has 0 unspecified atom stereocenters. The van der Waals surface area contributed by atoms with Gasteiger partial charge in [-0.05, 0) is 70.8 Å². The van der Waals surface area contributed by atoms with E-state index >= 15 is 0 Å². The summed E-state index contributed by atoms with van der Waals surface area (Å²) in [7, 11) is 0. The molecule has 290 valence electrons. The average molecular weight is 739 g/mol. The molecule has 13 nitrogen and oxygen atoms in total. The number of rotatable bonds is 20. The van der Waals surface area contributed by atoms with Crippen LogP contribution < -0.4 is 16.0 Å². The summed E-state index contributed by atoms with van der Waals surface area (Å²) in [5.74, 6) is -2.47. The van der Waals surface area contributed by atoms with Crippen LogP contribution in [0.4, 0.5) is 0 Å². The van der Waals surface area contributed by atoms with Crippen molar-refractivity contribution in [3.63, 3.8) is 0 Å². The van der Waals surface area contributed by atoms with Crippen LogP contribution in [0.5, 0.6) is 0 Å². The van der Waals surface area contributed by atoms with Crippen LogP contribution in [0.2, 0.25) is 0 Å². The molecule has 4 heterocycles. The van der Waals surface area contributed by atoms with Crippen LogP contribution in [0.15, 0.2) is 0 Å². The Kier molecular flexibility index (Phi) is 18.5. The molecule has 0 spiro atoms. The van der Waals surface area contributed by atoms with Gasteiger partial charge in [-0.2, -0.15) is 0 Å². The Bertz CT molecular complexity index is 1170. The molecule has 4 saturated heterocycles. The van der Waals surface area contributed by atoms with Crippen molar-refractivity contribution in [1.82, 2.24) is 30.7 Å². The molecule has 0 aromatic rings. The van der Waals surface area contributed by atoms with E-state index < -0.39 is 42.0 Å². The number of nitrogens with zero attached hydrogens (tertiary/aromatic N) is 3. The van der Waals surface area contributed by atoms with Crippen LogP contribution in [0, 0.1) is 0 Å². The minimum absolute atomic E-state index is 0. The Morgan fingerprint density at radius 1 is 0.686 bits per heavy atom. The van der Waals surface area contributed by atoms with Gasteiger partial charge in [-0.25, -0.2) is 0 Å². The zero-order valence-electron chi connectivity index (χ0n) is 30.7. The standard InChI is InChI=1S/C37H62N6O7.ClH/c1-2-3-4-5-6-7-8-9-10-11-22-39-33(46)27(20-21-32(44)45)40-34(47)29-17-13-24-41(29)36(49)31-19-15-26-43(31)37(50)30-18-14-25-42(30)35(48)28-16-12-23-38-28;/h27-31,38H,2-26H2,1H3,(H,39,46)(H,40,47)(H,44,45);1H/t27-,28-,29-,30-,31-;/m0./s1. The maximum Gasteiger partial charge on any atom is 0.303 e. The number of unbranched alkanes of at least 4 members (excludes halogenated alkanes) is 9. The first-order valence-electron chi connectivity index (χ1n) is 19.7. The highest BCUT2D eigenvalue weighted by Crippen LogP contribution is 2.29. The maximum absolute atomic E-state index is 14.0. The number of carboxylic acids is 1. The maximum atomic E-state index is 14.0. The SMILES string of the molecule is CCCCCCCCCCCCNC(=O)[C@H](CCC(=O)O)NC(=O)[C@@H]1CCCN1C(=O)[C@@H]1CCCN1C(=O)[C@@H]1CCCN1C(=O)[C@@H]1CCCN1.Cl. The molecular formula is C37H63ClN6O7. The van der Waals surface area contributed by atoms with Crippen molar-refractivity contribution in [2.75, 3.05) is 32.7 Å². The lowest BCUT2D eigenvalue weighted by Gasteiger charge is -2.34. The number of carbonyl (C=O) groups excluding carboxylic acids is 5. The highest BCUT2D eigenvalue weighted by atomic mass is 35.5. The summed E-state index contributed by atoms with van der Waals surface area (Å²) in [6.45, 7) is 4.78. The number of hydrogen-bond acceptors (Lipinski definition) is 7. The first-order valence-corrected chi connectivity index (χ1v) is 19.7. The molecule has 0 aromatic heterocycles. The molecule has 0 saturated carbocycles. The molecule has 0 aromatic carbocycles. The minimum atomic E-state index is -1.06. The van der Waals surface area contributed by atoms with Crippen molar-refractivity contribution >= 4 is 47.9 Å². The molecule has 4 aliphatic rings. The predicted octanol–water partition coefficient (Wildman–Crippen LogP) is 3.52. The highest BCUT2D eigenvalue weighted by Gasteiger charge is 2.46. The number of amides is 5. The van der Waals surface area contributed by atoms with Gasteiger partial charge in [0.2, 0.25) is 29.5 Å². The molecule has 0 radical (unpaired) electrons. The zero-order chi connectivity index (χ0) is 35.9. The number of halogens is 1.